The van der Waals surface area contributed by atoms with Gasteiger partial charge < -0.3 is 10.6 Å². The van der Waals surface area contributed by atoms with Gasteiger partial charge in [0.25, 0.3) is 5.91 Å². The minimum Gasteiger partial charge on any atom is -0.352 e. The third kappa shape index (κ3) is 7.12. The number of benzene rings is 2. The van der Waals surface area contributed by atoms with E-state index in [-0.39, 0.29) is 12.5 Å². The number of nitrogens with zero attached hydrogens (tertiary/aromatic N) is 1. The van der Waals surface area contributed by atoms with Crippen LogP contribution in [0.1, 0.15) is 35.7 Å². The number of amides is 2. The van der Waals surface area contributed by atoms with Gasteiger partial charge in [-0.25, -0.2) is 8.42 Å². The Kier molecular flexibility index (Phi) is 8.83. The first kappa shape index (κ1) is 23.9. The highest BCUT2D eigenvalue weighted by Crippen LogP contribution is 2.19. The normalized spacial score (nSPS) is 11.3. The number of nitrogens with one attached hydrogen (secondary N) is 2. The molecule has 2 rings (SSSR count). The first-order valence-electron chi connectivity index (χ1n) is 9.58. The van der Waals surface area contributed by atoms with Crippen molar-refractivity contribution in [1.82, 2.24) is 9.62 Å². The fraction of sp³-hybridized carbons (Fsp3) is 0.333. The number of hydrogen-bond donors (Lipinski definition) is 2. The molecule has 0 aliphatic carbocycles. The van der Waals surface area contributed by atoms with E-state index in [9.17, 15) is 18.0 Å². The average Bonchev–Trinajstić information content (AvgIpc) is 2.69. The van der Waals surface area contributed by atoms with Crippen LogP contribution < -0.4 is 10.6 Å². The van der Waals surface area contributed by atoms with Gasteiger partial charge in [-0.3, -0.25) is 9.59 Å². The summed E-state index contributed by atoms with van der Waals surface area (Å²) in [6.45, 7) is 2.12. The molecule has 0 radical (unpaired) electrons. The van der Waals surface area contributed by atoms with E-state index in [4.69, 9.17) is 11.6 Å². The zero-order valence-electron chi connectivity index (χ0n) is 17.0. The number of carbonyl (C=O) groups excluding carboxylic acids is 2. The van der Waals surface area contributed by atoms with Crippen molar-refractivity contribution < 1.29 is 18.0 Å². The fourth-order valence-electron chi connectivity index (χ4n) is 2.72. The fourth-order valence-corrected chi connectivity index (χ4v) is 3.64. The summed E-state index contributed by atoms with van der Waals surface area (Å²) in [5.41, 5.74) is 1.23. The van der Waals surface area contributed by atoms with Crippen LogP contribution in [0.4, 0.5) is 5.69 Å². The van der Waals surface area contributed by atoms with E-state index in [0.717, 1.165) is 23.4 Å². The summed E-state index contributed by atoms with van der Waals surface area (Å²) >= 11 is 6.13. The number of anilines is 1. The average molecular weight is 452 g/mol. The lowest BCUT2D eigenvalue weighted by molar-refractivity contribution is -0.116. The molecule has 2 aromatic rings. The highest BCUT2D eigenvalue weighted by atomic mass is 35.5. The lowest BCUT2D eigenvalue weighted by Gasteiger charge is -2.20. The standard InChI is InChI=1S/C21H26ClN3O4S/c1-3-4-13-23-21(27)17-10-6-8-12-19(17)24-20(26)15-25(30(2,28)29)14-16-9-5-7-11-18(16)22/h5-12H,3-4,13-15H2,1-2H3,(H,23,27)(H,24,26). The van der Waals surface area contributed by atoms with Crippen LogP contribution in [-0.4, -0.2) is 43.9 Å². The van der Waals surface area contributed by atoms with Gasteiger partial charge in [-0.1, -0.05) is 55.3 Å². The lowest BCUT2D eigenvalue weighted by Crippen LogP contribution is -2.37. The van der Waals surface area contributed by atoms with Crippen molar-refractivity contribution in [3.63, 3.8) is 0 Å². The van der Waals surface area contributed by atoms with Crippen molar-refractivity contribution >= 4 is 39.1 Å². The summed E-state index contributed by atoms with van der Waals surface area (Å²) in [6, 6.07) is 13.4. The summed E-state index contributed by atoms with van der Waals surface area (Å²) in [5, 5.41) is 5.87. The van der Waals surface area contributed by atoms with Crippen molar-refractivity contribution in [3.05, 3.63) is 64.7 Å². The van der Waals surface area contributed by atoms with Crippen LogP contribution in [0.15, 0.2) is 48.5 Å². The highest BCUT2D eigenvalue weighted by molar-refractivity contribution is 7.88. The lowest BCUT2D eigenvalue weighted by atomic mass is 10.1. The first-order valence-corrected chi connectivity index (χ1v) is 11.8. The smallest absolute Gasteiger partial charge is 0.253 e. The van der Waals surface area contributed by atoms with E-state index in [1.807, 2.05) is 6.92 Å². The predicted octanol–water partition coefficient (Wildman–Crippen LogP) is 3.27. The largest absolute Gasteiger partial charge is 0.352 e. The Bertz CT molecular complexity index is 995. The second kappa shape index (κ2) is 11.1. The third-order valence-electron chi connectivity index (χ3n) is 4.36. The molecule has 0 saturated heterocycles. The van der Waals surface area contributed by atoms with Crippen LogP contribution in [0, 0.1) is 0 Å². The molecule has 162 valence electrons. The number of carbonyl (C=O) groups is 2. The van der Waals surface area contributed by atoms with Crippen molar-refractivity contribution in [1.29, 1.82) is 0 Å². The molecule has 0 aromatic heterocycles. The zero-order valence-corrected chi connectivity index (χ0v) is 18.6. The predicted molar refractivity (Wildman–Crippen MR) is 119 cm³/mol. The quantitative estimate of drug-likeness (QED) is 0.542. The topological polar surface area (TPSA) is 95.6 Å². The first-order chi connectivity index (χ1) is 14.2. The molecule has 0 bridgehead atoms. The summed E-state index contributed by atoms with van der Waals surface area (Å²) in [4.78, 5) is 25.0. The Balaban J connectivity index is 2.13. The van der Waals surface area contributed by atoms with Gasteiger partial charge in [-0.05, 0) is 30.2 Å². The van der Waals surface area contributed by atoms with Gasteiger partial charge in [0, 0.05) is 18.1 Å². The van der Waals surface area contributed by atoms with Crippen LogP contribution in [0.3, 0.4) is 0 Å². The summed E-state index contributed by atoms with van der Waals surface area (Å²) < 4.78 is 25.4. The monoisotopic (exact) mass is 451 g/mol. The van der Waals surface area contributed by atoms with Crippen LogP contribution in [-0.2, 0) is 21.4 Å². The maximum atomic E-state index is 12.6. The van der Waals surface area contributed by atoms with Crippen molar-refractivity contribution in [2.24, 2.45) is 0 Å². The molecule has 30 heavy (non-hydrogen) atoms. The van der Waals surface area contributed by atoms with Crippen LogP contribution in [0.25, 0.3) is 0 Å². The molecular formula is C21H26ClN3O4S. The highest BCUT2D eigenvalue weighted by Gasteiger charge is 2.22. The van der Waals surface area contributed by atoms with Crippen LogP contribution in [0.5, 0.6) is 0 Å². The van der Waals surface area contributed by atoms with Crippen LogP contribution in [0.2, 0.25) is 5.02 Å². The number of sulfonamides is 1. The number of rotatable bonds is 10. The Morgan fingerprint density at radius 3 is 2.40 bits per heavy atom. The van der Waals surface area contributed by atoms with Crippen molar-refractivity contribution in [2.45, 2.75) is 26.3 Å². The summed E-state index contributed by atoms with van der Waals surface area (Å²) in [5.74, 6) is -0.850. The van der Waals surface area contributed by atoms with Gasteiger partial charge in [0.15, 0.2) is 0 Å². The SMILES string of the molecule is CCCCNC(=O)c1ccccc1NC(=O)CN(Cc1ccccc1Cl)S(C)(=O)=O. The van der Waals surface area contributed by atoms with E-state index in [1.165, 1.54) is 0 Å². The van der Waals surface area contributed by atoms with Gasteiger partial charge in [0.2, 0.25) is 15.9 Å². The molecule has 2 amide bonds. The van der Waals surface area contributed by atoms with E-state index in [0.29, 0.717) is 28.4 Å². The maximum Gasteiger partial charge on any atom is 0.253 e. The number of unbranched alkanes of at least 4 members (excludes halogenated alkanes) is 1. The van der Waals surface area contributed by atoms with E-state index >= 15 is 0 Å². The van der Waals surface area contributed by atoms with Gasteiger partial charge in [-0.15, -0.1) is 0 Å². The molecule has 0 atom stereocenters. The van der Waals surface area contributed by atoms with E-state index in [1.54, 1.807) is 48.5 Å². The molecule has 0 saturated carbocycles. The number of hydrogen-bond acceptors (Lipinski definition) is 4. The molecule has 0 aliphatic heterocycles. The zero-order chi connectivity index (χ0) is 22.1. The Morgan fingerprint density at radius 2 is 1.73 bits per heavy atom. The molecule has 9 heteroatoms. The van der Waals surface area contributed by atoms with Crippen molar-refractivity contribution in [3.8, 4) is 0 Å². The number of para-hydroxylation sites is 1. The minimum absolute atomic E-state index is 0.0366. The van der Waals surface area contributed by atoms with Gasteiger partial charge in [0.05, 0.1) is 24.1 Å². The molecule has 0 unspecified atom stereocenters. The number of halogens is 1. The Morgan fingerprint density at radius 1 is 1.07 bits per heavy atom. The van der Waals surface area contributed by atoms with Gasteiger partial charge in [0.1, 0.15) is 0 Å². The molecule has 0 fully saturated rings. The minimum atomic E-state index is -3.67. The molecule has 7 nitrogen and oxygen atoms in total. The Hall–Kier alpha value is -2.42. The van der Waals surface area contributed by atoms with Crippen LogP contribution >= 0.6 is 11.6 Å². The summed E-state index contributed by atoms with van der Waals surface area (Å²) in [7, 11) is -3.67. The van der Waals surface area contributed by atoms with Crippen molar-refractivity contribution in [2.75, 3.05) is 24.7 Å². The molecule has 0 spiro atoms. The van der Waals surface area contributed by atoms with Gasteiger partial charge in [-0.2, -0.15) is 4.31 Å². The summed E-state index contributed by atoms with van der Waals surface area (Å²) in [6.07, 6.45) is 2.84. The van der Waals surface area contributed by atoms with E-state index in [2.05, 4.69) is 10.6 Å². The molecular weight excluding hydrogens is 426 g/mol. The molecule has 0 heterocycles. The second-order valence-corrected chi connectivity index (χ2v) is 9.22. The third-order valence-corrected chi connectivity index (χ3v) is 5.92. The maximum absolute atomic E-state index is 12.6. The molecule has 2 aromatic carbocycles. The van der Waals surface area contributed by atoms with E-state index < -0.39 is 22.5 Å². The Labute approximate surface area is 182 Å². The van der Waals surface area contributed by atoms with Gasteiger partial charge >= 0.3 is 0 Å². The second-order valence-electron chi connectivity index (χ2n) is 6.83. The molecule has 0 aliphatic rings. The molecule has 2 N–H and O–H groups in total.